The average molecular weight is 297 g/mol. The molecule has 0 bridgehead atoms. The van der Waals surface area contributed by atoms with Crippen molar-refractivity contribution in [2.75, 3.05) is 18.5 Å². The zero-order valence-corrected chi connectivity index (χ0v) is 13.3. The van der Waals surface area contributed by atoms with Crippen molar-refractivity contribution in [1.82, 2.24) is 0 Å². The first-order valence-electron chi connectivity index (χ1n) is 7.53. The Morgan fingerprint density at radius 2 is 1.95 bits per heavy atom. The molecule has 0 amide bonds. The van der Waals surface area contributed by atoms with Crippen molar-refractivity contribution >= 4 is 5.69 Å². The van der Waals surface area contributed by atoms with Crippen molar-refractivity contribution in [3.8, 4) is 11.5 Å². The van der Waals surface area contributed by atoms with E-state index >= 15 is 0 Å². The Bertz CT molecular complexity index is 623. The summed E-state index contributed by atoms with van der Waals surface area (Å²) >= 11 is 0. The smallest absolute Gasteiger partial charge is 0.161 e. The third-order valence-electron chi connectivity index (χ3n) is 3.18. The van der Waals surface area contributed by atoms with Crippen molar-refractivity contribution in [1.29, 1.82) is 0 Å². The third-order valence-corrected chi connectivity index (χ3v) is 3.18. The molecule has 0 saturated heterocycles. The molecular weight excluding hydrogens is 274 g/mol. The molecule has 0 aliphatic carbocycles. The lowest BCUT2D eigenvalue weighted by molar-refractivity contribution is 0.296. The van der Waals surface area contributed by atoms with E-state index in [-0.39, 0.29) is 0 Å². The molecule has 0 aliphatic heterocycles. The summed E-state index contributed by atoms with van der Waals surface area (Å²) < 4.78 is 11.3. The molecular formula is C19H23NO2. The van der Waals surface area contributed by atoms with Gasteiger partial charge in [-0.25, -0.2) is 0 Å². The largest absolute Gasteiger partial charge is 0.490 e. The Labute approximate surface area is 132 Å². The van der Waals surface area contributed by atoms with Crippen LogP contribution in [0.4, 0.5) is 5.69 Å². The van der Waals surface area contributed by atoms with E-state index in [9.17, 15) is 0 Å². The van der Waals surface area contributed by atoms with E-state index in [4.69, 9.17) is 9.47 Å². The monoisotopic (exact) mass is 297 g/mol. The van der Waals surface area contributed by atoms with Gasteiger partial charge in [-0.1, -0.05) is 30.9 Å². The van der Waals surface area contributed by atoms with E-state index in [1.165, 1.54) is 5.56 Å². The van der Waals surface area contributed by atoms with Crippen LogP contribution in [0.1, 0.15) is 18.1 Å². The van der Waals surface area contributed by atoms with Gasteiger partial charge in [-0.05, 0) is 49.2 Å². The highest BCUT2D eigenvalue weighted by molar-refractivity contribution is 5.48. The van der Waals surface area contributed by atoms with Crippen LogP contribution in [-0.2, 0) is 6.54 Å². The van der Waals surface area contributed by atoms with Gasteiger partial charge >= 0.3 is 0 Å². The van der Waals surface area contributed by atoms with Crippen LogP contribution in [0.25, 0.3) is 0 Å². The summed E-state index contributed by atoms with van der Waals surface area (Å²) in [5, 5.41) is 3.42. The Morgan fingerprint density at radius 1 is 1.09 bits per heavy atom. The van der Waals surface area contributed by atoms with Gasteiger partial charge in [0.2, 0.25) is 0 Å². The molecule has 2 rings (SSSR count). The van der Waals surface area contributed by atoms with Crippen LogP contribution in [0.5, 0.6) is 11.5 Å². The molecule has 2 aromatic rings. The van der Waals surface area contributed by atoms with Gasteiger partial charge < -0.3 is 14.8 Å². The average Bonchev–Trinajstić information content (AvgIpc) is 2.52. The molecule has 0 radical (unpaired) electrons. The van der Waals surface area contributed by atoms with Crippen LogP contribution in [0.15, 0.2) is 55.1 Å². The maximum absolute atomic E-state index is 5.66. The van der Waals surface area contributed by atoms with Gasteiger partial charge in [0.25, 0.3) is 0 Å². The molecule has 0 aromatic heterocycles. The molecule has 0 saturated carbocycles. The number of hydrogen-bond acceptors (Lipinski definition) is 3. The van der Waals surface area contributed by atoms with Crippen molar-refractivity contribution in [2.24, 2.45) is 0 Å². The number of benzene rings is 2. The highest BCUT2D eigenvalue weighted by Gasteiger charge is 2.06. The Hall–Kier alpha value is -2.42. The van der Waals surface area contributed by atoms with E-state index in [0.29, 0.717) is 13.2 Å². The first kappa shape index (κ1) is 16.0. The van der Waals surface area contributed by atoms with E-state index in [0.717, 1.165) is 29.3 Å². The quantitative estimate of drug-likeness (QED) is 0.724. The fraction of sp³-hybridized carbons (Fsp3) is 0.263. The zero-order chi connectivity index (χ0) is 15.8. The van der Waals surface area contributed by atoms with E-state index in [1.807, 2.05) is 25.1 Å². The predicted octanol–water partition coefficient (Wildman–Crippen LogP) is 4.57. The van der Waals surface area contributed by atoms with Gasteiger partial charge in [0.1, 0.15) is 6.61 Å². The molecule has 0 fully saturated rings. The third kappa shape index (κ3) is 4.55. The summed E-state index contributed by atoms with van der Waals surface area (Å²) in [6.45, 7) is 9.54. The summed E-state index contributed by atoms with van der Waals surface area (Å²) in [5.41, 5.74) is 3.51. The van der Waals surface area contributed by atoms with Gasteiger partial charge in [0.15, 0.2) is 11.5 Å². The van der Waals surface area contributed by atoms with Crippen LogP contribution in [0, 0.1) is 6.92 Å². The van der Waals surface area contributed by atoms with Gasteiger partial charge in [0, 0.05) is 12.2 Å². The molecule has 3 heteroatoms. The summed E-state index contributed by atoms with van der Waals surface area (Å²) in [7, 11) is 0. The SMILES string of the molecule is C=CCOc1ccc(CNc2cccc(C)c2)cc1OCC. The van der Waals surface area contributed by atoms with Crippen LogP contribution < -0.4 is 14.8 Å². The first-order chi connectivity index (χ1) is 10.7. The van der Waals surface area contributed by atoms with Crippen LogP contribution in [0.3, 0.4) is 0 Å². The fourth-order valence-electron chi connectivity index (χ4n) is 2.16. The predicted molar refractivity (Wildman–Crippen MR) is 91.8 cm³/mol. The maximum Gasteiger partial charge on any atom is 0.161 e. The molecule has 1 N–H and O–H groups in total. The zero-order valence-electron chi connectivity index (χ0n) is 13.3. The second-order valence-corrected chi connectivity index (χ2v) is 5.04. The van der Waals surface area contributed by atoms with Crippen LogP contribution in [0.2, 0.25) is 0 Å². The minimum Gasteiger partial charge on any atom is -0.490 e. The molecule has 22 heavy (non-hydrogen) atoms. The second-order valence-electron chi connectivity index (χ2n) is 5.04. The van der Waals surface area contributed by atoms with Crippen molar-refractivity contribution in [2.45, 2.75) is 20.4 Å². The number of ether oxygens (including phenoxy) is 2. The standard InChI is InChI=1S/C19H23NO2/c1-4-11-22-18-10-9-16(13-19(18)21-5-2)14-20-17-8-6-7-15(3)12-17/h4,6-10,12-13,20H,1,5,11,14H2,2-3H3. The molecule has 0 heterocycles. The molecule has 2 aromatic carbocycles. The Kier molecular flexibility index (Phi) is 5.90. The van der Waals surface area contributed by atoms with Gasteiger partial charge in [-0.15, -0.1) is 0 Å². The van der Waals surface area contributed by atoms with Crippen molar-refractivity contribution in [3.05, 3.63) is 66.2 Å². The highest BCUT2D eigenvalue weighted by Crippen LogP contribution is 2.29. The minimum atomic E-state index is 0.473. The van der Waals surface area contributed by atoms with Gasteiger partial charge in [-0.2, -0.15) is 0 Å². The molecule has 116 valence electrons. The highest BCUT2D eigenvalue weighted by atomic mass is 16.5. The van der Waals surface area contributed by atoms with Gasteiger partial charge in [0.05, 0.1) is 6.61 Å². The second kappa shape index (κ2) is 8.13. The molecule has 0 atom stereocenters. The lowest BCUT2D eigenvalue weighted by Gasteiger charge is -2.13. The van der Waals surface area contributed by atoms with E-state index in [1.54, 1.807) is 6.08 Å². The Morgan fingerprint density at radius 3 is 2.68 bits per heavy atom. The van der Waals surface area contributed by atoms with E-state index in [2.05, 4.69) is 43.1 Å². The summed E-state index contributed by atoms with van der Waals surface area (Å²) in [4.78, 5) is 0. The topological polar surface area (TPSA) is 30.5 Å². The summed E-state index contributed by atoms with van der Waals surface area (Å²) in [5.74, 6) is 1.52. The lowest BCUT2D eigenvalue weighted by Crippen LogP contribution is -2.03. The normalized spacial score (nSPS) is 10.1. The fourth-order valence-corrected chi connectivity index (χ4v) is 2.16. The number of hydrogen-bond donors (Lipinski definition) is 1. The first-order valence-corrected chi connectivity index (χ1v) is 7.53. The van der Waals surface area contributed by atoms with Crippen molar-refractivity contribution in [3.63, 3.8) is 0 Å². The summed E-state index contributed by atoms with van der Waals surface area (Å²) in [6.07, 6.45) is 1.73. The number of nitrogens with one attached hydrogen (secondary N) is 1. The summed E-state index contributed by atoms with van der Waals surface area (Å²) in [6, 6.07) is 14.3. The molecule has 0 unspecified atom stereocenters. The number of anilines is 1. The van der Waals surface area contributed by atoms with E-state index < -0.39 is 0 Å². The maximum atomic E-state index is 5.66. The Balaban J connectivity index is 2.07. The van der Waals surface area contributed by atoms with Crippen LogP contribution >= 0.6 is 0 Å². The minimum absolute atomic E-state index is 0.473. The van der Waals surface area contributed by atoms with Gasteiger partial charge in [-0.3, -0.25) is 0 Å². The molecule has 0 aliphatic rings. The molecule has 3 nitrogen and oxygen atoms in total. The number of aryl methyl sites for hydroxylation is 1. The van der Waals surface area contributed by atoms with Crippen molar-refractivity contribution < 1.29 is 9.47 Å². The number of rotatable bonds is 8. The lowest BCUT2D eigenvalue weighted by atomic mass is 10.2. The van der Waals surface area contributed by atoms with Crippen LogP contribution in [-0.4, -0.2) is 13.2 Å². The molecule has 0 spiro atoms.